The van der Waals surface area contributed by atoms with E-state index in [1.54, 1.807) is 49.4 Å². The third-order valence-corrected chi connectivity index (χ3v) is 7.98. The van der Waals surface area contributed by atoms with E-state index < -0.39 is 17.8 Å². The van der Waals surface area contributed by atoms with Crippen molar-refractivity contribution < 1.29 is 19.1 Å². The zero-order valence-corrected chi connectivity index (χ0v) is 20.2. The molecule has 6 heteroatoms. The summed E-state index contributed by atoms with van der Waals surface area (Å²) < 4.78 is 5.88. The largest absolute Gasteiger partial charge is 0.462 e. The maximum Gasteiger partial charge on any atom is 0.340 e. The molecule has 0 aromatic heterocycles. The molecule has 2 fully saturated rings. The molecule has 2 bridgehead atoms. The van der Waals surface area contributed by atoms with Crippen LogP contribution in [0.15, 0.2) is 72.8 Å². The average molecular weight is 481 g/mol. The molecule has 0 spiro atoms. The van der Waals surface area contributed by atoms with Crippen LogP contribution in [0.4, 0.5) is 5.69 Å². The predicted octanol–water partition coefficient (Wildman–Crippen LogP) is 4.86. The number of imide groups is 1. The molecule has 1 aliphatic carbocycles. The van der Waals surface area contributed by atoms with Crippen molar-refractivity contribution in [3.05, 3.63) is 101 Å². The molecular formula is C30H28N2O4. The fraction of sp³-hybridized carbons (Fsp3) is 0.300. The molecule has 182 valence electrons. The molecule has 0 radical (unpaired) electrons. The van der Waals surface area contributed by atoms with Crippen LogP contribution in [0.25, 0.3) is 0 Å². The minimum Gasteiger partial charge on any atom is -0.462 e. The van der Waals surface area contributed by atoms with E-state index in [2.05, 4.69) is 29.2 Å². The standard InChI is InChI=1S/C30H28N2O4/c1-19-8-7-13-24(27(19)32-28(33)22-11-5-6-12-23(22)29(32)34)30(35)36-18-25-21-14-15-26(25)31(17-21)16-20-9-3-2-4-10-20/h2-13,21,25-26H,14-18H2,1H3. The van der Waals surface area contributed by atoms with Crippen molar-refractivity contribution in [3.8, 4) is 0 Å². The predicted molar refractivity (Wildman–Crippen MR) is 136 cm³/mol. The van der Waals surface area contributed by atoms with Crippen LogP contribution < -0.4 is 4.90 Å². The Hall–Kier alpha value is -3.77. The number of piperidine rings is 1. The Balaban J connectivity index is 1.19. The quantitative estimate of drug-likeness (QED) is 0.372. The monoisotopic (exact) mass is 480 g/mol. The maximum absolute atomic E-state index is 13.3. The molecule has 36 heavy (non-hydrogen) atoms. The molecular weight excluding hydrogens is 452 g/mol. The fourth-order valence-electron chi connectivity index (χ4n) is 6.25. The third-order valence-electron chi connectivity index (χ3n) is 7.98. The number of rotatable bonds is 6. The zero-order chi connectivity index (χ0) is 24.8. The molecule has 1 saturated heterocycles. The number of para-hydroxylation sites is 1. The van der Waals surface area contributed by atoms with Crippen LogP contribution >= 0.6 is 0 Å². The van der Waals surface area contributed by atoms with Gasteiger partial charge >= 0.3 is 5.97 Å². The number of fused-ring (bicyclic) bond motifs is 3. The zero-order valence-electron chi connectivity index (χ0n) is 20.2. The van der Waals surface area contributed by atoms with Gasteiger partial charge in [-0.2, -0.15) is 0 Å². The van der Waals surface area contributed by atoms with E-state index in [1.165, 1.54) is 5.56 Å². The Kier molecular flexibility index (Phi) is 5.69. The van der Waals surface area contributed by atoms with Gasteiger partial charge < -0.3 is 4.74 Å². The molecule has 2 amide bonds. The van der Waals surface area contributed by atoms with Gasteiger partial charge in [0.2, 0.25) is 0 Å². The second-order valence-corrected chi connectivity index (χ2v) is 10.0. The highest BCUT2D eigenvalue weighted by Gasteiger charge is 2.47. The van der Waals surface area contributed by atoms with Gasteiger partial charge in [0.05, 0.1) is 29.0 Å². The van der Waals surface area contributed by atoms with E-state index in [4.69, 9.17) is 4.74 Å². The summed E-state index contributed by atoms with van der Waals surface area (Å²) in [4.78, 5) is 43.2. The first-order chi connectivity index (χ1) is 17.5. The molecule has 6 nitrogen and oxygen atoms in total. The van der Waals surface area contributed by atoms with Crippen molar-refractivity contribution in [2.75, 3.05) is 18.1 Å². The van der Waals surface area contributed by atoms with E-state index in [1.807, 2.05) is 6.07 Å². The highest BCUT2D eigenvalue weighted by molar-refractivity contribution is 6.35. The van der Waals surface area contributed by atoms with Gasteiger partial charge in [-0.15, -0.1) is 0 Å². The van der Waals surface area contributed by atoms with Crippen LogP contribution in [-0.4, -0.2) is 41.9 Å². The van der Waals surface area contributed by atoms with E-state index >= 15 is 0 Å². The van der Waals surface area contributed by atoms with Gasteiger partial charge in [0.25, 0.3) is 11.8 Å². The topological polar surface area (TPSA) is 66.9 Å². The number of anilines is 1. The number of carbonyl (C=O) groups is 3. The Morgan fingerprint density at radius 1 is 0.889 bits per heavy atom. The van der Waals surface area contributed by atoms with Crippen molar-refractivity contribution in [3.63, 3.8) is 0 Å². The maximum atomic E-state index is 13.3. The molecule has 3 unspecified atom stereocenters. The Morgan fingerprint density at radius 2 is 1.58 bits per heavy atom. The first kappa shape index (κ1) is 22.7. The van der Waals surface area contributed by atoms with Crippen LogP contribution in [0.3, 0.4) is 0 Å². The van der Waals surface area contributed by atoms with Gasteiger partial charge in [0.15, 0.2) is 0 Å². The highest BCUT2D eigenvalue weighted by atomic mass is 16.5. The number of amides is 2. The molecule has 3 aromatic carbocycles. The van der Waals surface area contributed by atoms with E-state index in [-0.39, 0.29) is 5.56 Å². The summed E-state index contributed by atoms with van der Waals surface area (Å²) in [6.45, 7) is 4.07. The fourth-order valence-corrected chi connectivity index (χ4v) is 6.25. The van der Waals surface area contributed by atoms with Gasteiger partial charge in [-0.1, -0.05) is 54.6 Å². The highest BCUT2D eigenvalue weighted by Crippen LogP contribution is 2.44. The van der Waals surface area contributed by atoms with E-state index in [0.717, 1.165) is 30.8 Å². The summed E-state index contributed by atoms with van der Waals surface area (Å²) in [7, 11) is 0. The van der Waals surface area contributed by atoms with Crippen LogP contribution in [0.5, 0.6) is 0 Å². The smallest absolute Gasteiger partial charge is 0.340 e. The van der Waals surface area contributed by atoms with Crippen molar-refractivity contribution in [2.24, 2.45) is 11.8 Å². The lowest BCUT2D eigenvalue weighted by atomic mass is 9.99. The lowest BCUT2D eigenvalue weighted by Crippen LogP contribution is -2.34. The summed E-state index contributed by atoms with van der Waals surface area (Å²) in [5.41, 5.74) is 3.24. The minimum atomic E-state index is -0.494. The number of likely N-dealkylation sites (tertiary alicyclic amines) is 1. The number of carbonyl (C=O) groups excluding carboxylic acids is 3. The lowest BCUT2D eigenvalue weighted by Gasteiger charge is -2.27. The molecule has 3 atom stereocenters. The van der Waals surface area contributed by atoms with Crippen LogP contribution in [0.2, 0.25) is 0 Å². The molecule has 2 heterocycles. The summed E-state index contributed by atoms with van der Waals surface area (Å²) >= 11 is 0. The number of nitrogens with zero attached hydrogens (tertiary/aromatic N) is 2. The lowest BCUT2D eigenvalue weighted by molar-refractivity contribution is 0.0409. The Labute approximate surface area is 210 Å². The van der Waals surface area contributed by atoms with Gasteiger partial charge in [-0.05, 0) is 55.0 Å². The second-order valence-electron chi connectivity index (χ2n) is 10.0. The Bertz CT molecular complexity index is 1320. The van der Waals surface area contributed by atoms with Gasteiger partial charge in [0.1, 0.15) is 0 Å². The summed E-state index contributed by atoms with van der Waals surface area (Å²) in [5.74, 6) is -0.509. The first-order valence-corrected chi connectivity index (χ1v) is 12.6. The third kappa shape index (κ3) is 3.73. The van der Waals surface area contributed by atoms with Crippen molar-refractivity contribution in [2.45, 2.75) is 32.4 Å². The van der Waals surface area contributed by atoms with E-state index in [9.17, 15) is 14.4 Å². The number of aryl methyl sites for hydroxylation is 1. The van der Waals surface area contributed by atoms with Crippen LogP contribution in [-0.2, 0) is 11.3 Å². The van der Waals surface area contributed by atoms with Crippen molar-refractivity contribution in [1.82, 2.24) is 4.90 Å². The van der Waals surface area contributed by atoms with Crippen molar-refractivity contribution in [1.29, 1.82) is 0 Å². The minimum absolute atomic E-state index is 0.246. The van der Waals surface area contributed by atoms with E-state index in [0.29, 0.717) is 46.9 Å². The SMILES string of the molecule is Cc1cccc(C(=O)OCC2C3CCC2N(Cc2ccccc2)C3)c1N1C(=O)c2ccccc2C1=O. The number of benzene rings is 3. The van der Waals surface area contributed by atoms with Crippen LogP contribution in [0.1, 0.15) is 55.0 Å². The number of hydrogen-bond donors (Lipinski definition) is 0. The first-order valence-electron chi connectivity index (χ1n) is 12.6. The normalized spacial score (nSPS) is 22.8. The molecule has 3 aliphatic rings. The molecule has 0 N–H and O–H groups in total. The van der Waals surface area contributed by atoms with Gasteiger partial charge in [-0.3, -0.25) is 14.5 Å². The Morgan fingerprint density at radius 3 is 2.31 bits per heavy atom. The van der Waals surface area contributed by atoms with Gasteiger partial charge in [0, 0.05) is 25.0 Å². The van der Waals surface area contributed by atoms with Crippen molar-refractivity contribution >= 4 is 23.5 Å². The number of esters is 1. The molecule has 2 aliphatic heterocycles. The summed E-state index contributed by atoms with van der Waals surface area (Å²) in [6, 6.07) is 22.8. The summed E-state index contributed by atoms with van der Waals surface area (Å²) in [5, 5.41) is 0. The number of ether oxygens (including phenoxy) is 1. The average Bonchev–Trinajstić information content (AvgIpc) is 3.52. The molecule has 3 aromatic rings. The second kappa shape index (κ2) is 9.03. The molecule has 1 saturated carbocycles. The van der Waals surface area contributed by atoms with Gasteiger partial charge in [-0.25, -0.2) is 9.69 Å². The van der Waals surface area contributed by atoms with Crippen LogP contribution in [0, 0.1) is 18.8 Å². The number of hydrogen-bond acceptors (Lipinski definition) is 5. The summed E-state index contributed by atoms with van der Waals surface area (Å²) in [6.07, 6.45) is 2.27. The molecule has 6 rings (SSSR count).